The van der Waals surface area contributed by atoms with Crippen molar-refractivity contribution in [1.82, 2.24) is 9.80 Å². The van der Waals surface area contributed by atoms with Gasteiger partial charge in [0.15, 0.2) is 0 Å². The van der Waals surface area contributed by atoms with Crippen molar-refractivity contribution >= 4 is 5.91 Å². The fraction of sp³-hybridized carbons (Fsp3) is 0.462. The van der Waals surface area contributed by atoms with Gasteiger partial charge in [0, 0.05) is 20.6 Å². The number of rotatable bonds is 4. The number of nitrogens with zero attached hydrogens (tertiary/aromatic N) is 2. The number of carbonyl (C=O) groups is 1. The summed E-state index contributed by atoms with van der Waals surface area (Å²) in [6.45, 7) is 3.37. The van der Waals surface area contributed by atoms with Crippen molar-refractivity contribution in [3.63, 3.8) is 0 Å². The highest BCUT2D eigenvalue weighted by molar-refractivity contribution is 5.77. The van der Waals surface area contributed by atoms with E-state index in [0.29, 0.717) is 6.54 Å². The molecule has 0 heterocycles. The van der Waals surface area contributed by atoms with Crippen LogP contribution >= 0.6 is 0 Å². The first kappa shape index (κ1) is 12.7. The molecule has 0 spiro atoms. The topological polar surface area (TPSA) is 23.6 Å². The van der Waals surface area contributed by atoms with Gasteiger partial charge in [0.25, 0.3) is 0 Å². The molecule has 0 unspecified atom stereocenters. The maximum atomic E-state index is 11.5. The molecule has 0 aliphatic rings. The SMILES string of the molecule is Cc1ccccc1CN(C)CC(=O)N(C)C. The summed E-state index contributed by atoms with van der Waals surface area (Å²) in [6, 6.07) is 8.26. The molecule has 0 radical (unpaired) electrons. The zero-order chi connectivity index (χ0) is 12.1. The Morgan fingerprint density at radius 2 is 1.81 bits per heavy atom. The molecule has 0 aromatic heterocycles. The van der Waals surface area contributed by atoms with Crippen LogP contribution in [0.1, 0.15) is 11.1 Å². The van der Waals surface area contributed by atoms with E-state index in [0.717, 1.165) is 6.54 Å². The van der Waals surface area contributed by atoms with E-state index in [1.165, 1.54) is 11.1 Å². The zero-order valence-electron chi connectivity index (χ0n) is 10.5. The molecule has 0 atom stereocenters. The van der Waals surface area contributed by atoms with Crippen molar-refractivity contribution in [2.45, 2.75) is 13.5 Å². The molecule has 0 aliphatic carbocycles. The number of hydrogen-bond donors (Lipinski definition) is 0. The lowest BCUT2D eigenvalue weighted by molar-refractivity contribution is -0.129. The van der Waals surface area contributed by atoms with Crippen LogP contribution in [0, 0.1) is 6.92 Å². The van der Waals surface area contributed by atoms with Crippen LogP contribution in [0.25, 0.3) is 0 Å². The predicted molar refractivity (Wildman–Crippen MR) is 66.2 cm³/mol. The van der Waals surface area contributed by atoms with Crippen LogP contribution in [-0.4, -0.2) is 43.4 Å². The highest BCUT2D eigenvalue weighted by Crippen LogP contribution is 2.09. The number of benzene rings is 1. The van der Waals surface area contributed by atoms with Crippen molar-refractivity contribution in [3.05, 3.63) is 35.4 Å². The van der Waals surface area contributed by atoms with E-state index in [9.17, 15) is 4.79 Å². The molecule has 3 heteroatoms. The van der Waals surface area contributed by atoms with Crippen LogP contribution in [0.3, 0.4) is 0 Å². The van der Waals surface area contributed by atoms with Gasteiger partial charge in [-0.15, -0.1) is 0 Å². The van der Waals surface area contributed by atoms with Crippen molar-refractivity contribution in [3.8, 4) is 0 Å². The van der Waals surface area contributed by atoms with Gasteiger partial charge in [-0.1, -0.05) is 24.3 Å². The second-order valence-corrected chi connectivity index (χ2v) is 4.39. The highest BCUT2D eigenvalue weighted by atomic mass is 16.2. The molecule has 0 saturated carbocycles. The molecule has 1 rings (SSSR count). The molecule has 0 N–H and O–H groups in total. The fourth-order valence-corrected chi connectivity index (χ4v) is 1.51. The van der Waals surface area contributed by atoms with Gasteiger partial charge in [0.05, 0.1) is 6.54 Å². The monoisotopic (exact) mass is 220 g/mol. The second kappa shape index (κ2) is 5.66. The molecule has 88 valence electrons. The van der Waals surface area contributed by atoms with Gasteiger partial charge in [0.1, 0.15) is 0 Å². The lowest BCUT2D eigenvalue weighted by Crippen LogP contribution is -2.34. The summed E-state index contributed by atoms with van der Waals surface area (Å²) in [5.41, 5.74) is 2.54. The lowest BCUT2D eigenvalue weighted by Gasteiger charge is -2.19. The van der Waals surface area contributed by atoms with E-state index in [-0.39, 0.29) is 5.91 Å². The van der Waals surface area contributed by atoms with Crippen LogP contribution in [0.4, 0.5) is 0 Å². The smallest absolute Gasteiger partial charge is 0.236 e. The minimum atomic E-state index is 0.135. The summed E-state index contributed by atoms with van der Waals surface area (Å²) < 4.78 is 0. The molecule has 0 fully saturated rings. The summed E-state index contributed by atoms with van der Waals surface area (Å²) in [5.74, 6) is 0.135. The molecular weight excluding hydrogens is 200 g/mol. The quantitative estimate of drug-likeness (QED) is 0.768. The van der Waals surface area contributed by atoms with Crippen molar-refractivity contribution < 1.29 is 4.79 Å². The van der Waals surface area contributed by atoms with Gasteiger partial charge < -0.3 is 4.90 Å². The third kappa shape index (κ3) is 3.66. The summed E-state index contributed by atoms with van der Waals surface area (Å²) in [5, 5.41) is 0. The first-order chi connectivity index (χ1) is 7.50. The summed E-state index contributed by atoms with van der Waals surface area (Å²) in [7, 11) is 5.53. The van der Waals surface area contributed by atoms with Gasteiger partial charge in [-0.05, 0) is 25.1 Å². The van der Waals surface area contributed by atoms with Gasteiger partial charge in [-0.25, -0.2) is 0 Å². The Balaban J connectivity index is 2.55. The van der Waals surface area contributed by atoms with Crippen LogP contribution in [-0.2, 0) is 11.3 Å². The minimum Gasteiger partial charge on any atom is -0.348 e. The highest BCUT2D eigenvalue weighted by Gasteiger charge is 2.09. The van der Waals surface area contributed by atoms with Gasteiger partial charge in [0.2, 0.25) is 5.91 Å². The molecule has 16 heavy (non-hydrogen) atoms. The Kier molecular flexibility index (Phi) is 4.50. The van der Waals surface area contributed by atoms with Gasteiger partial charge in [-0.2, -0.15) is 0 Å². The summed E-state index contributed by atoms with van der Waals surface area (Å²) in [6.07, 6.45) is 0. The van der Waals surface area contributed by atoms with E-state index in [1.54, 1.807) is 19.0 Å². The Hall–Kier alpha value is -1.35. The Morgan fingerprint density at radius 1 is 1.19 bits per heavy atom. The molecule has 0 aliphatic heterocycles. The molecule has 0 bridgehead atoms. The fourth-order valence-electron chi connectivity index (χ4n) is 1.51. The third-order valence-electron chi connectivity index (χ3n) is 2.61. The lowest BCUT2D eigenvalue weighted by atomic mass is 10.1. The Morgan fingerprint density at radius 3 is 2.38 bits per heavy atom. The molecule has 1 aromatic rings. The molecule has 1 amide bonds. The number of amides is 1. The average Bonchev–Trinajstić information content (AvgIpc) is 2.21. The summed E-state index contributed by atoms with van der Waals surface area (Å²) >= 11 is 0. The molecule has 1 aromatic carbocycles. The summed E-state index contributed by atoms with van der Waals surface area (Å²) in [4.78, 5) is 15.2. The van der Waals surface area contributed by atoms with E-state index < -0.39 is 0 Å². The first-order valence-electron chi connectivity index (χ1n) is 5.44. The maximum absolute atomic E-state index is 11.5. The number of likely N-dealkylation sites (N-methyl/N-ethyl adjacent to an activating group) is 2. The Bertz CT molecular complexity index is 361. The van der Waals surface area contributed by atoms with Crippen LogP contribution in [0.15, 0.2) is 24.3 Å². The standard InChI is InChI=1S/C13H20N2O/c1-11-7-5-6-8-12(11)9-15(4)10-13(16)14(2)3/h5-8H,9-10H2,1-4H3. The van der Waals surface area contributed by atoms with E-state index in [4.69, 9.17) is 0 Å². The van der Waals surface area contributed by atoms with E-state index >= 15 is 0 Å². The predicted octanol–water partition coefficient (Wildman–Crippen LogP) is 1.52. The second-order valence-electron chi connectivity index (χ2n) is 4.39. The Labute approximate surface area is 97.7 Å². The van der Waals surface area contributed by atoms with Crippen molar-refractivity contribution in [1.29, 1.82) is 0 Å². The molecule has 0 saturated heterocycles. The molecular formula is C13H20N2O. The minimum absolute atomic E-state index is 0.135. The maximum Gasteiger partial charge on any atom is 0.236 e. The van der Waals surface area contributed by atoms with Crippen molar-refractivity contribution in [2.75, 3.05) is 27.7 Å². The number of aryl methyl sites for hydroxylation is 1. The largest absolute Gasteiger partial charge is 0.348 e. The van der Waals surface area contributed by atoms with Gasteiger partial charge >= 0.3 is 0 Å². The average molecular weight is 220 g/mol. The van der Waals surface area contributed by atoms with E-state index in [1.807, 2.05) is 24.1 Å². The first-order valence-corrected chi connectivity index (χ1v) is 5.44. The normalized spacial score (nSPS) is 10.6. The number of carbonyl (C=O) groups excluding carboxylic acids is 1. The van der Waals surface area contributed by atoms with E-state index in [2.05, 4.69) is 19.1 Å². The van der Waals surface area contributed by atoms with Crippen LogP contribution in [0.2, 0.25) is 0 Å². The number of hydrogen-bond acceptors (Lipinski definition) is 2. The van der Waals surface area contributed by atoms with Crippen molar-refractivity contribution in [2.24, 2.45) is 0 Å². The van der Waals surface area contributed by atoms with Crippen LogP contribution < -0.4 is 0 Å². The van der Waals surface area contributed by atoms with Gasteiger partial charge in [-0.3, -0.25) is 9.69 Å². The third-order valence-corrected chi connectivity index (χ3v) is 2.61. The molecule has 3 nitrogen and oxygen atoms in total. The zero-order valence-corrected chi connectivity index (χ0v) is 10.5. The van der Waals surface area contributed by atoms with Crippen LogP contribution in [0.5, 0.6) is 0 Å².